The topological polar surface area (TPSA) is 172 Å². The van der Waals surface area contributed by atoms with Crippen molar-refractivity contribution in [1.29, 1.82) is 5.26 Å². The predicted octanol–water partition coefficient (Wildman–Crippen LogP) is 9.61. The number of carbonyl (C=O) groups is 1. The Labute approximate surface area is 415 Å². The van der Waals surface area contributed by atoms with Crippen LogP contribution in [0, 0.1) is 18.3 Å². The van der Waals surface area contributed by atoms with Crippen molar-refractivity contribution in [3.05, 3.63) is 166 Å². The molecule has 0 saturated heterocycles. The van der Waals surface area contributed by atoms with Gasteiger partial charge in [-0.1, -0.05) is 54.1 Å². The highest BCUT2D eigenvalue weighted by molar-refractivity contribution is 6.32. The highest BCUT2D eigenvalue weighted by Gasteiger charge is 2.26. The number of pyridine rings is 2. The number of carbonyl (C=O) groups excluding carboxylic acids is 1. The smallest absolute Gasteiger partial charge is 0.325 e. The summed E-state index contributed by atoms with van der Waals surface area (Å²) >= 11 is 6.88. The highest BCUT2D eigenvalue weighted by atomic mass is 35.5. The molecular formula is C56H49ClN6O8. The Morgan fingerprint density at radius 2 is 1.72 bits per heavy atom. The first-order chi connectivity index (χ1) is 34.8. The third kappa shape index (κ3) is 10.3. The van der Waals surface area contributed by atoms with Crippen molar-refractivity contribution in [1.82, 2.24) is 25.1 Å². The highest BCUT2D eigenvalue weighted by Crippen LogP contribution is 2.41. The van der Waals surface area contributed by atoms with Crippen molar-refractivity contribution in [3.63, 3.8) is 0 Å². The van der Waals surface area contributed by atoms with Gasteiger partial charge in [-0.05, 0) is 114 Å². The number of aliphatic hydroxyl groups excluding tert-OH is 1. The summed E-state index contributed by atoms with van der Waals surface area (Å²) < 4.78 is 37.9. The lowest BCUT2D eigenvalue weighted by atomic mass is 9.96. The normalized spacial score (nSPS) is 13.0. The minimum absolute atomic E-state index is 0.0639. The van der Waals surface area contributed by atoms with Crippen LogP contribution >= 0.6 is 11.6 Å². The van der Waals surface area contributed by atoms with Crippen LogP contribution in [0.1, 0.15) is 39.9 Å². The molecule has 0 saturated carbocycles. The van der Waals surface area contributed by atoms with Crippen LogP contribution in [0.25, 0.3) is 44.5 Å². The minimum Gasteiger partial charge on any atom is -0.490 e. The lowest BCUT2D eigenvalue weighted by molar-refractivity contribution is -0.148. The van der Waals surface area contributed by atoms with E-state index in [1.807, 2.05) is 85.8 Å². The maximum absolute atomic E-state index is 13.3. The second-order valence-corrected chi connectivity index (χ2v) is 17.5. The molecule has 0 unspecified atom stereocenters. The molecular weight excluding hydrogens is 920 g/mol. The van der Waals surface area contributed by atoms with Crippen molar-refractivity contribution < 1.29 is 38.3 Å². The molecule has 15 heteroatoms. The molecule has 2 aliphatic rings. The number of nitrogens with zero attached hydrogens (tertiary/aromatic N) is 5. The zero-order valence-corrected chi connectivity index (χ0v) is 39.7. The molecule has 5 heterocycles. The maximum Gasteiger partial charge on any atom is 0.325 e. The van der Waals surface area contributed by atoms with Gasteiger partial charge in [0.1, 0.15) is 68.6 Å². The summed E-state index contributed by atoms with van der Waals surface area (Å²) in [5.74, 6) is 2.17. The van der Waals surface area contributed by atoms with Crippen molar-refractivity contribution in [3.8, 4) is 68.5 Å². The molecule has 1 atom stereocenters. The van der Waals surface area contributed by atoms with Crippen LogP contribution in [0.3, 0.4) is 0 Å². The van der Waals surface area contributed by atoms with Gasteiger partial charge in [-0.25, -0.2) is 0 Å². The summed E-state index contributed by atoms with van der Waals surface area (Å²) in [4.78, 5) is 22.6. The molecule has 10 rings (SSSR count). The summed E-state index contributed by atoms with van der Waals surface area (Å²) in [6.45, 7) is 3.85. The fourth-order valence-corrected chi connectivity index (χ4v) is 9.20. The Bertz CT molecular complexity index is 3280. The number of benzene rings is 5. The number of hydrogen-bond acceptors (Lipinski definition) is 13. The summed E-state index contributed by atoms with van der Waals surface area (Å²) in [6, 6.07) is 37.2. The van der Waals surface area contributed by atoms with Gasteiger partial charge in [0.25, 0.3) is 0 Å². The number of halogens is 1. The van der Waals surface area contributed by atoms with E-state index < -0.39 is 18.6 Å². The minimum atomic E-state index is -1.07. The Kier molecular flexibility index (Phi) is 14.1. The molecule has 0 fully saturated rings. The first-order valence-electron chi connectivity index (χ1n) is 23.4. The van der Waals surface area contributed by atoms with Crippen LogP contribution < -0.4 is 29.0 Å². The molecule has 0 aliphatic carbocycles. The number of nitriles is 1. The van der Waals surface area contributed by atoms with E-state index in [9.17, 15) is 15.2 Å². The van der Waals surface area contributed by atoms with Gasteiger partial charge >= 0.3 is 5.97 Å². The molecule has 0 amide bonds. The second-order valence-electron chi connectivity index (χ2n) is 17.1. The Balaban J connectivity index is 0.789. The average molecular weight is 969 g/mol. The number of aromatic nitrogens is 4. The van der Waals surface area contributed by atoms with Crippen molar-refractivity contribution in [2.24, 2.45) is 0 Å². The Morgan fingerprint density at radius 3 is 2.58 bits per heavy atom. The summed E-state index contributed by atoms with van der Waals surface area (Å²) in [7, 11) is 0. The van der Waals surface area contributed by atoms with Crippen LogP contribution in [0.15, 0.2) is 128 Å². The SMILES string of the molecule is Cc1c(COc2cc(OCc3cccc(C#N)c3)c(CN[C@H](CO)C(=O)OCCOc3ccc4c(-c5c(-c6ccccn6)nn6c5CCC6)ccnc4c3)cc2Cl)cccc1-c1ccc2c(c1)OCCO2. The molecule has 5 aromatic carbocycles. The Hall–Kier alpha value is -7.96. The van der Waals surface area contributed by atoms with E-state index in [1.54, 1.807) is 42.7 Å². The first-order valence-corrected chi connectivity index (χ1v) is 23.8. The van der Waals surface area contributed by atoms with E-state index in [0.717, 1.165) is 86.4 Å². The van der Waals surface area contributed by atoms with Crippen molar-refractivity contribution >= 4 is 28.5 Å². The Morgan fingerprint density at radius 1 is 0.845 bits per heavy atom. The third-order valence-electron chi connectivity index (χ3n) is 12.6. The molecule has 0 spiro atoms. The zero-order valence-electron chi connectivity index (χ0n) is 38.9. The number of fused-ring (bicyclic) bond motifs is 3. The number of aliphatic hydroxyl groups is 1. The molecule has 8 aromatic rings. The molecule has 71 heavy (non-hydrogen) atoms. The quantitative estimate of drug-likeness (QED) is 0.0616. The molecule has 0 bridgehead atoms. The second kappa shape index (κ2) is 21.4. The number of aryl methyl sites for hydroxylation is 1. The van der Waals surface area contributed by atoms with Gasteiger partial charge in [-0.2, -0.15) is 10.4 Å². The van der Waals surface area contributed by atoms with E-state index >= 15 is 0 Å². The summed E-state index contributed by atoms with van der Waals surface area (Å²) in [5, 5.41) is 29.1. The molecule has 3 aromatic heterocycles. The van der Waals surface area contributed by atoms with Gasteiger partial charge in [0, 0.05) is 59.8 Å². The monoisotopic (exact) mass is 968 g/mol. The van der Waals surface area contributed by atoms with Crippen LogP contribution in [0.4, 0.5) is 0 Å². The lowest BCUT2D eigenvalue weighted by Crippen LogP contribution is -2.41. The van der Waals surface area contributed by atoms with E-state index in [1.165, 1.54) is 5.69 Å². The average Bonchev–Trinajstić information content (AvgIpc) is 4.02. The van der Waals surface area contributed by atoms with Gasteiger partial charge < -0.3 is 33.5 Å². The van der Waals surface area contributed by atoms with E-state index in [0.29, 0.717) is 52.4 Å². The molecule has 0 radical (unpaired) electrons. The third-order valence-corrected chi connectivity index (χ3v) is 12.9. The molecule has 14 nitrogen and oxygen atoms in total. The van der Waals surface area contributed by atoms with Crippen molar-refractivity contribution in [2.45, 2.75) is 52.1 Å². The van der Waals surface area contributed by atoms with Gasteiger partial charge in [-0.3, -0.25) is 24.8 Å². The first kappa shape index (κ1) is 46.8. The van der Waals surface area contributed by atoms with Crippen LogP contribution in [-0.2, 0) is 42.3 Å². The number of esters is 1. The molecule has 2 N–H and O–H groups in total. The largest absolute Gasteiger partial charge is 0.490 e. The van der Waals surface area contributed by atoms with Crippen molar-refractivity contribution in [2.75, 3.05) is 33.0 Å². The van der Waals surface area contributed by atoms with Gasteiger partial charge in [0.2, 0.25) is 0 Å². The summed E-state index contributed by atoms with van der Waals surface area (Å²) in [6.07, 6.45) is 5.54. The van der Waals surface area contributed by atoms with Gasteiger partial charge in [0.15, 0.2) is 11.5 Å². The van der Waals surface area contributed by atoms with Gasteiger partial charge in [0.05, 0.1) is 34.5 Å². The van der Waals surface area contributed by atoms with E-state index in [-0.39, 0.29) is 33.0 Å². The lowest BCUT2D eigenvalue weighted by Gasteiger charge is -2.20. The summed E-state index contributed by atoms with van der Waals surface area (Å²) in [5.41, 5.74) is 11.6. The standard InChI is InChI=1S/C56H49ClN6O8/c1-35-39(9-5-10-42(35)38-13-16-50-53(27-38)68-23-22-67-50)34-71-52-29-51(70-33-37-8-4-7-36(25-37)30-58)40(26-45(52)57)31-61-48(32-64)56(65)69-24-21-66-41-14-15-43-44(17-19-60-47(43)28-41)54-49-12-6-20-63(49)62-55(54)46-11-2-3-18-59-46/h2-5,7-11,13-19,25-29,48,61,64H,6,12,20-24,31-34H2,1H3/t48-/m1/s1. The molecule has 358 valence electrons. The van der Waals surface area contributed by atoms with Crippen LogP contribution in [-0.4, -0.2) is 69.9 Å². The fourth-order valence-electron chi connectivity index (χ4n) is 8.96. The number of rotatable bonds is 18. The maximum atomic E-state index is 13.3. The number of nitrogens with one attached hydrogen (secondary N) is 1. The number of hydrogen-bond donors (Lipinski definition) is 2. The zero-order chi connectivity index (χ0) is 48.7. The van der Waals surface area contributed by atoms with Crippen LogP contribution in [0.2, 0.25) is 5.02 Å². The predicted molar refractivity (Wildman–Crippen MR) is 268 cm³/mol. The van der Waals surface area contributed by atoms with Gasteiger partial charge in [-0.15, -0.1) is 0 Å². The number of ether oxygens (including phenoxy) is 6. The van der Waals surface area contributed by atoms with Crippen LogP contribution in [0.5, 0.6) is 28.7 Å². The van der Waals surface area contributed by atoms with E-state index in [2.05, 4.69) is 32.1 Å². The fraction of sp³-hybridized carbons (Fsp3) is 0.232. The van der Waals surface area contributed by atoms with E-state index in [4.69, 9.17) is 45.1 Å². The molecule has 2 aliphatic heterocycles.